The molecule has 0 unspecified atom stereocenters. The molecule has 14 heavy (non-hydrogen) atoms. The van der Waals surface area contributed by atoms with Gasteiger partial charge in [-0.15, -0.1) is 11.3 Å². The zero-order valence-electron chi connectivity index (χ0n) is 8.13. The molecule has 2 rings (SSSR count). The number of fused-ring (bicyclic) bond motifs is 1. The summed E-state index contributed by atoms with van der Waals surface area (Å²) in [7, 11) is 1.73. The number of methoxy groups -OCH3 is 1. The van der Waals surface area contributed by atoms with E-state index in [-0.39, 0.29) is 0 Å². The van der Waals surface area contributed by atoms with Gasteiger partial charge in [-0.05, 0) is 52.1 Å². The van der Waals surface area contributed by atoms with Crippen LogP contribution < -0.4 is 4.74 Å². The summed E-state index contributed by atoms with van der Waals surface area (Å²) >= 11 is 4.16. The molecule has 74 valence electrons. The predicted octanol–water partition coefficient (Wildman–Crippen LogP) is 4.08. The largest absolute Gasteiger partial charge is 0.495 e. The predicted molar refractivity (Wildman–Crippen MR) is 70.5 cm³/mol. The molecule has 1 nitrogen and oxygen atoms in total. The Morgan fingerprint density at radius 2 is 2.21 bits per heavy atom. The van der Waals surface area contributed by atoms with E-state index in [1.165, 1.54) is 19.2 Å². The topological polar surface area (TPSA) is 9.23 Å². The zero-order chi connectivity index (χ0) is 10.1. The molecule has 0 fully saturated rings. The molecular formula is C11H11IOS. The van der Waals surface area contributed by atoms with E-state index in [0.717, 1.165) is 12.2 Å². The number of thiophene rings is 1. The second-order valence-electron chi connectivity index (χ2n) is 3.07. The Morgan fingerprint density at radius 1 is 1.43 bits per heavy atom. The van der Waals surface area contributed by atoms with Crippen molar-refractivity contribution in [2.75, 3.05) is 7.11 Å². The van der Waals surface area contributed by atoms with Gasteiger partial charge in [-0.3, -0.25) is 0 Å². The Bertz CT molecular complexity index is 462. The Morgan fingerprint density at radius 3 is 2.86 bits per heavy atom. The molecule has 0 aliphatic heterocycles. The minimum Gasteiger partial charge on any atom is -0.495 e. The summed E-state index contributed by atoms with van der Waals surface area (Å²) < 4.78 is 7.94. The molecule has 3 heteroatoms. The van der Waals surface area contributed by atoms with Crippen LogP contribution in [0.25, 0.3) is 10.1 Å². The van der Waals surface area contributed by atoms with E-state index in [1.54, 1.807) is 18.4 Å². The van der Waals surface area contributed by atoms with Crippen LogP contribution in [0.15, 0.2) is 17.5 Å². The van der Waals surface area contributed by atoms with E-state index in [0.29, 0.717) is 0 Å². The van der Waals surface area contributed by atoms with Crippen LogP contribution in [0.5, 0.6) is 5.75 Å². The molecule has 0 aliphatic rings. The molecule has 0 saturated carbocycles. The maximum absolute atomic E-state index is 5.35. The summed E-state index contributed by atoms with van der Waals surface area (Å²) in [6.45, 7) is 2.19. The lowest BCUT2D eigenvalue weighted by molar-refractivity contribution is 0.420. The first-order valence-corrected chi connectivity index (χ1v) is 6.46. The normalized spacial score (nSPS) is 10.8. The van der Waals surface area contributed by atoms with E-state index < -0.39 is 0 Å². The number of hydrogen-bond acceptors (Lipinski definition) is 2. The number of halogens is 1. The number of ether oxygens (including phenoxy) is 1. The molecular weight excluding hydrogens is 307 g/mol. The summed E-state index contributed by atoms with van der Waals surface area (Å²) in [5.74, 6) is 0.991. The Labute approximate surface area is 101 Å². The van der Waals surface area contributed by atoms with Crippen molar-refractivity contribution < 1.29 is 4.74 Å². The summed E-state index contributed by atoms with van der Waals surface area (Å²) in [4.78, 5) is 0. The van der Waals surface area contributed by atoms with Crippen LogP contribution in [-0.2, 0) is 6.42 Å². The minimum absolute atomic E-state index is 0.991. The maximum atomic E-state index is 5.35. The van der Waals surface area contributed by atoms with E-state index in [4.69, 9.17) is 4.74 Å². The molecule has 0 amide bonds. The lowest BCUT2D eigenvalue weighted by Crippen LogP contribution is -1.85. The first-order chi connectivity index (χ1) is 6.77. The van der Waals surface area contributed by atoms with Crippen molar-refractivity contribution in [3.63, 3.8) is 0 Å². The van der Waals surface area contributed by atoms with Gasteiger partial charge in [0.15, 0.2) is 0 Å². The summed E-state index contributed by atoms with van der Waals surface area (Å²) in [5, 5.41) is 3.60. The molecule has 0 N–H and O–H groups in total. The molecule has 0 atom stereocenters. The van der Waals surface area contributed by atoms with Crippen LogP contribution in [0.4, 0.5) is 0 Å². The first kappa shape index (κ1) is 10.2. The average Bonchev–Trinajstić information content (AvgIpc) is 2.63. The Kier molecular flexibility index (Phi) is 2.97. The Hall–Kier alpha value is -0.290. The van der Waals surface area contributed by atoms with Gasteiger partial charge in [0.1, 0.15) is 5.75 Å². The maximum Gasteiger partial charge on any atom is 0.136 e. The van der Waals surface area contributed by atoms with Crippen molar-refractivity contribution in [2.24, 2.45) is 0 Å². The number of rotatable bonds is 2. The van der Waals surface area contributed by atoms with Gasteiger partial charge in [-0.1, -0.05) is 6.92 Å². The van der Waals surface area contributed by atoms with Crippen molar-refractivity contribution in [1.82, 2.24) is 0 Å². The third kappa shape index (κ3) is 1.52. The van der Waals surface area contributed by atoms with Gasteiger partial charge in [0.2, 0.25) is 0 Å². The highest BCUT2D eigenvalue weighted by atomic mass is 127. The molecule has 0 radical (unpaired) electrons. The third-order valence-electron chi connectivity index (χ3n) is 2.31. The zero-order valence-corrected chi connectivity index (χ0v) is 11.1. The number of hydrogen-bond donors (Lipinski definition) is 0. The van der Waals surface area contributed by atoms with Crippen LogP contribution in [0.2, 0.25) is 0 Å². The molecule has 0 saturated heterocycles. The van der Waals surface area contributed by atoms with E-state index >= 15 is 0 Å². The number of benzene rings is 1. The lowest BCUT2D eigenvalue weighted by atomic mass is 10.1. The van der Waals surface area contributed by atoms with Crippen LogP contribution in [0, 0.1) is 3.57 Å². The second kappa shape index (κ2) is 4.06. The van der Waals surface area contributed by atoms with Crippen molar-refractivity contribution in [3.05, 3.63) is 26.6 Å². The summed E-state index contributed by atoms with van der Waals surface area (Å²) in [5.41, 5.74) is 1.42. The second-order valence-corrected chi connectivity index (χ2v) is 5.11. The van der Waals surface area contributed by atoms with Crippen LogP contribution >= 0.6 is 33.9 Å². The standard InChI is InChI=1S/C11H11IOS/c1-3-7-6-14-11-9(13-2)5-4-8(12)10(7)11/h4-6H,3H2,1-2H3. The molecule has 1 aromatic heterocycles. The SMILES string of the molecule is CCc1csc2c(OC)ccc(I)c12. The fraction of sp³-hybridized carbons (Fsp3) is 0.273. The molecule has 0 bridgehead atoms. The number of aryl methyl sites for hydroxylation is 1. The fourth-order valence-corrected chi connectivity index (χ4v) is 3.72. The molecule has 1 aromatic carbocycles. The van der Waals surface area contributed by atoms with Gasteiger partial charge in [0, 0.05) is 8.96 Å². The van der Waals surface area contributed by atoms with Crippen LogP contribution in [0.1, 0.15) is 12.5 Å². The fourth-order valence-electron chi connectivity index (χ4n) is 1.57. The third-order valence-corrected chi connectivity index (χ3v) is 4.25. The molecule has 0 aliphatic carbocycles. The highest BCUT2D eigenvalue weighted by Gasteiger charge is 2.10. The van der Waals surface area contributed by atoms with Gasteiger partial charge in [0.25, 0.3) is 0 Å². The quantitative estimate of drug-likeness (QED) is 0.758. The lowest BCUT2D eigenvalue weighted by Gasteiger charge is -2.03. The van der Waals surface area contributed by atoms with Crippen molar-refractivity contribution in [2.45, 2.75) is 13.3 Å². The van der Waals surface area contributed by atoms with Crippen LogP contribution in [-0.4, -0.2) is 7.11 Å². The van der Waals surface area contributed by atoms with E-state index in [9.17, 15) is 0 Å². The van der Waals surface area contributed by atoms with Gasteiger partial charge in [0.05, 0.1) is 11.8 Å². The minimum atomic E-state index is 0.991. The van der Waals surface area contributed by atoms with Crippen molar-refractivity contribution in [3.8, 4) is 5.75 Å². The average molecular weight is 318 g/mol. The Balaban J connectivity index is 2.80. The molecule has 0 spiro atoms. The summed E-state index contributed by atoms with van der Waals surface area (Å²) in [6.07, 6.45) is 1.09. The van der Waals surface area contributed by atoms with Crippen molar-refractivity contribution in [1.29, 1.82) is 0 Å². The molecule has 1 heterocycles. The highest BCUT2D eigenvalue weighted by molar-refractivity contribution is 14.1. The summed E-state index contributed by atoms with van der Waals surface area (Å²) in [6, 6.07) is 4.16. The van der Waals surface area contributed by atoms with E-state index in [1.807, 2.05) is 6.07 Å². The highest BCUT2D eigenvalue weighted by Crippen LogP contribution is 2.36. The van der Waals surface area contributed by atoms with Gasteiger partial charge < -0.3 is 4.74 Å². The van der Waals surface area contributed by atoms with Gasteiger partial charge >= 0.3 is 0 Å². The van der Waals surface area contributed by atoms with Crippen molar-refractivity contribution >= 4 is 44.0 Å². The monoisotopic (exact) mass is 318 g/mol. The van der Waals surface area contributed by atoms with Crippen LogP contribution in [0.3, 0.4) is 0 Å². The van der Waals surface area contributed by atoms with Gasteiger partial charge in [-0.25, -0.2) is 0 Å². The smallest absolute Gasteiger partial charge is 0.136 e. The first-order valence-electron chi connectivity index (χ1n) is 4.50. The van der Waals surface area contributed by atoms with Gasteiger partial charge in [-0.2, -0.15) is 0 Å². The van der Waals surface area contributed by atoms with E-state index in [2.05, 4.69) is 41.0 Å². The molecule has 2 aromatic rings.